The van der Waals surface area contributed by atoms with Gasteiger partial charge in [0.2, 0.25) is 11.8 Å². The number of benzene rings is 1. The highest BCUT2D eigenvalue weighted by atomic mass is 16.5. The second-order valence-corrected chi connectivity index (χ2v) is 7.64. The first-order valence-corrected chi connectivity index (χ1v) is 10.3. The number of rotatable bonds is 7. The van der Waals surface area contributed by atoms with Gasteiger partial charge in [0.25, 0.3) is 5.91 Å². The highest BCUT2D eigenvalue weighted by Gasteiger charge is 2.27. The van der Waals surface area contributed by atoms with Gasteiger partial charge in [-0.2, -0.15) is 10.1 Å². The first-order chi connectivity index (χ1) is 15.5. The van der Waals surface area contributed by atoms with Gasteiger partial charge in [0, 0.05) is 50.1 Å². The molecule has 9 heteroatoms. The predicted octanol–water partition coefficient (Wildman–Crippen LogP) is 2.83. The number of likely N-dealkylation sites (tertiary alicyclic amines) is 1. The molecule has 1 fully saturated rings. The van der Waals surface area contributed by atoms with Gasteiger partial charge in [0.1, 0.15) is 5.82 Å². The van der Waals surface area contributed by atoms with Crippen molar-refractivity contribution in [2.24, 2.45) is 13.0 Å². The first-order valence-electron chi connectivity index (χ1n) is 10.3. The number of nitrogens with zero attached hydrogens (tertiary/aromatic N) is 5. The summed E-state index contributed by atoms with van der Waals surface area (Å²) in [6, 6.07) is 8.57. The van der Waals surface area contributed by atoms with E-state index in [1.807, 2.05) is 11.9 Å². The SMILES string of the molecule is C=CC(=O)Nc1ccc(C(=O)N2CC[C@@H](Cc3nccc(Oc4cnn(C)c4)n3)C2)cc1. The van der Waals surface area contributed by atoms with Crippen LogP contribution in [0.2, 0.25) is 0 Å². The van der Waals surface area contributed by atoms with Crippen molar-refractivity contribution in [3.8, 4) is 11.6 Å². The second-order valence-electron chi connectivity index (χ2n) is 7.64. The molecule has 2 amide bonds. The highest BCUT2D eigenvalue weighted by molar-refractivity contribution is 5.99. The maximum absolute atomic E-state index is 12.9. The Hall–Kier alpha value is -4.01. The third-order valence-corrected chi connectivity index (χ3v) is 5.21. The van der Waals surface area contributed by atoms with Crippen molar-refractivity contribution in [2.75, 3.05) is 18.4 Å². The molecule has 0 unspecified atom stereocenters. The van der Waals surface area contributed by atoms with E-state index >= 15 is 0 Å². The molecule has 32 heavy (non-hydrogen) atoms. The van der Waals surface area contributed by atoms with Crippen molar-refractivity contribution >= 4 is 17.5 Å². The molecule has 9 nitrogen and oxygen atoms in total. The predicted molar refractivity (Wildman–Crippen MR) is 118 cm³/mol. The lowest BCUT2D eigenvalue weighted by molar-refractivity contribution is -0.111. The minimum absolute atomic E-state index is 0.0244. The summed E-state index contributed by atoms with van der Waals surface area (Å²) in [4.78, 5) is 34.9. The van der Waals surface area contributed by atoms with Crippen molar-refractivity contribution < 1.29 is 14.3 Å². The number of ether oxygens (including phenoxy) is 1. The zero-order chi connectivity index (χ0) is 22.5. The van der Waals surface area contributed by atoms with Crippen LogP contribution in [0.4, 0.5) is 5.69 Å². The standard InChI is InChI=1S/C23H24N6O3/c1-3-21(30)26-18-6-4-17(5-7-18)23(31)29-11-9-16(14-29)12-20-24-10-8-22(27-20)32-19-13-25-28(2)15-19/h3-8,10,13,15-16H,1,9,11-12,14H2,2H3,(H,26,30)/t16-/m0/s1. The molecule has 1 saturated heterocycles. The van der Waals surface area contributed by atoms with E-state index in [1.165, 1.54) is 6.08 Å². The van der Waals surface area contributed by atoms with Crippen molar-refractivity contribution in [3.63, 3.8) is 0 Å². The Morgan fingerprint density at radius 1 is 1.28 bits per heavy atom. The fourth-order valence-corrected chi connectivity index (χ4v) is 3.62. The summed E-state index contributed by atoms with van der Waals surface area (Å²) in [7, 11) is 1.82. The number of carbonyl (C=O) groups excluding carboxylic acids is 2. The van der Waals surface area contributed by atoms with E-state index in [0.29, 0.717) is 48.2 Å². The Bertz CT molecular complexity index is 1120. The van der Waals surface area contributed by atoms with E-state index in [4.69, 9.17) is 4.74 Å². The largest absolute Gasteiger partial charge is 0.436 e. The van der Waals surface area contributed by atoms with E-state index in [9.17, 15) is 9.59 Å². The van der Waals surface area contributed by atoms with Crippen LogP contribution in [-0.4, -0.2) is 49.6 Å². The quantitative estimate of drug-likeness (QED) is 0.576. The molecule has 164 valence electrons. The second kappa shape index (κ2) is 9.42. The maximum atomic E-state index is 12.9. The van der Waals surface area contributed by atoms with Gasteiger partial charge in [0.05, 0.1) is 12.4 Å². The number of hydrogen-bond acceptors (Lipinski definition) is 6. The van der Waals surface area contributed by atoms with Gasteiger partial charge >= 0.3 is 0 Å². The topological polar surface area (TPSA) is 102 Å². The van der Waals surface area contributed by atoms with Crippen LogP contribution in [-0.2, 0) is 18.3 Å². The highest BCUT2D eigenvalue weighted by Crippen LogP contribution is 2.23. The zero-order valence-corrected chi connectivity index (χ0v) is 17.8. The van der Waals surface area contributed by atoms with Gasteiger partial charge in [-0.3, -0.25) is 14.3 Å². The third-order valence-electron chi connectivity index (χ3n) is 5.21. The van der Waals surface area contributed by atoms with Crippen LogP contribution in [0.3, 0.4) is 0 Å². The Balaban J connectivity index is 1.33. The minimum atomic E-state index is -0.288. The summed E-state index contributed by atoms with van der Waals surface area (Å²) in [5, 5.41) is 6.75. The van der Waals surface area contributed by atoms with Crippen LogP contribution in [0.1, 0.15) is 22.6 Å². The molecule has 1 N–H and O–H groups in total. The van der Waals surface area contributed by atoms with Gasteiger partial charge in [-0.15, -0.1) is 0 Å². The number of aryl methyl sites for hydroxylation is 1. The summed E-state index contributed by atoms with van der Waals surface area (Å²) in [6.07, 6.45) is 7.83. The van der Waals surface area contributed by atoms with Crippen LogP contribution in [0.25, 0.3) is 0 Å². The van der Waals surface area contributed by atoms with E-state index in [0.717, 1.165) is 6.42 Å². The smallest absolute Gasteiger partial charge is 0.253 e. The molecule has 0 saturated carbocycles. The molecule has 2 aromatic heterocycles. The average molecular weight is 432 g/mol. The Morgan fingerprint density at radius 3 is 2.81 bits per heavy atom. The van der Waals surface area contributed by atoms with Crippen LogP contribution in [0, 0.1) is 5.92 Å². The van der Waals surface area contributed by atoms with Crippen LogP contribution in [0.15, 0.2) is 61.6 Å². The number of anilines is 1. The molecule has 0 aliphatic carbocycles. The molecule has 3 aromatic rings. The maximum Gasteiger partial charge on any atom is 0.253 e. The summed E-state index contributed by atoms with van der Waals surface area (Å²) >= 11 is 0. The number of hydrogen-bond donors (Lipinski definition) is 1. The first kappa shape index (κ1) is 21.2. The fourth-order valence-electron chi connectivity index (χ4n) is 3.62. The number of aromatic nitrogens is 4. The molecule has 1 atom stereocenters. The van der Waals surface area contributed by atoms with Crippen molar-refractivity contribution in [3.05, 3.63) is 73.0 Å². The Kier molecular flexibility index (Phi) is 6.25. The molecule has 3 heterocycles. The van der Waals surface area contributed by atoms with Crippen LogP contribution < -0.4 is 10.1 Å². The molecule has 1 aliphatic rings. The normalized spacial score (nSPS) is 15.4. The summed E-state index contributed by atoms with van der Waals surface area (Å²) in [6.45, 7) is 4.75. The lowest BCUT2D eigenvalue weighted by Crippen LogP contribution is -2.29. The molecule has 0 radical (unpaired) electrons. The lowest BCUT2D eigenvalue weighted by Gasteiger charge is -2.17. The van der Waals surface area contributed by atoms with E-state index < -0.39 is 0 Å². The number of carbonyl (C=O) groups is 2. The van der Waals surface area contributed by atoms with Crippen molar-refractivity contribution in [1.82, 2.24) is 24.6 Å². The lowest BCUT2D eigenvalue weighted by atomic mass is 10.0. The molecule has 4 rings (SSSR count). The Morgan fingerprint density at radius 2 is 2.09 bits per heavy atom. The number of amides is 2. The summed E-state index contributed by atoms with van der Waals surface area (Å²) in [5.74, 6) is 1.74. The monoisotopic (exact) mass is 432 g/mol. The van der Waals surface area contributed by atoms with Gasteiger partial charge in [-0.05, 0) is 42.7 Å². The summed E-state index contributed by atoms with van der Waals surface area (Å²) < 4.78 is 7.39. The molecule has 1 aliphatic heterocycles. The average Bonchev–Trinajstić information content (AvgIpc) is 3.43. The molecular formula is C23H24N6O3. The molecule has 0 spiro atoms. The van der Waals surface area contributed by atoms with Crippen molar-refractivity contribution in [2.45, 2.75) is 12.8 Å². The fraction of sp³-hybridized carbons (Fsp3) is 0.261. The molecule has 1 aromatic carbocycles. The minimum Gasteiger partial charge on any atom is -0.436 e. The van der Waals surface area contributed by atoms with E-state index in [-0.39, 0.29) is 17.7 Å². The van der Waals surface area contributed by atoms with Gasteiger partial charge < -0.3 is 15.0 Å². The van der Waals surface area contributed by atoms with Gasteiger partial charge in [0.15, 0.2) is 5.75 Å². The Labute approximate surface area is 185 Å². The third kappa shape index (κ3) is 5.18. The molecule has 0 bridgehead atoms. The van der Waals surface area contributed by atoms with E-state index in [1.54, 1.807) is 53.6 Å². The number of nitrogens with one attached hydrogen (secondary N) is 1. The zero-order valence-electron chi connectivity index (χ0n) is 17.8. The van der Waals surface area contributed by atoms with E-state index in [2.05, 4.69) is 27.0 Å². The van der Waals surface area contributed by atoms with Crippen LogP contribution in [0.5, 0.6) is 11.6 Å². The summed E-state index contributed by atoms with van der Waals surface area (Å²) in [5.41, 5.74) is 1.21. The molecular weight excluding hydrogens is 408 g/mol. The van der Waals surface area contributed by atoms with Crippen molar-refractivity contribution in [1.29, 1.82) is 0 Å². The van der Waals surface area contributed by atoms with Crippen LogP contribution >= 0.6 is 0 Å². The van der Waals surface area contributed by atoms with Gasteiger partial charge in [-0.25, -0.2) is 4.98 Å². The van der Waals surface area contributed by atoms with Gasteiger partial charge in [-0.1, -0.05) is 6.58 Å².